The Bertz CT molecular complexity index is 953. The second kappa shape index (κ2) is 7.78. The maximum Gasteiger partial charge on any atom is 0.303 e. The summed E-state index contributed by atoms with van der Waals surface area (Å²) in [6.07, 6.45) is 3.17. The average molecular weight is 361 g/mol. The van der Waals surface area contributed by atoms with Crippen molar-refractivity contribution in [2.45, 2.75) is 38.2 Å². The van der Waals surface area contributed by atoms with Crippen LogP contribution in [0.2, 0.25) is 0 Å². The van der Waals surface area contributed by atoms with E-state index in [9.17, 15) is 4.79 Å². The van der Waals surface area contributed by atoms with Gasteiger partial charge in [0, 0.05) is 11.8 Å². The minimum absolute atomic E-state index is 0.264. The van der Waals surface area contributed by atoms with E-state index in [1.165, 1.54) is 5.56 Å². The number of aromatic nitrogens is 1. The van der Waals surface area contributed by atoms with Crippen molar-refractivity contribution in [1.82, 2.24) is 4.98 Å². The summed E-state index contributed by atoms with van der Waals surface area (Å²) < 4.78 is 6.12. The molecule has 27 heavy (non-hydrogen) atoms. The van der Waals surface area contributed by atoms with Gasteiger partial charge in [-0.15, -0.1) is 0 Å². The quantitative estimate of drug-likeness (QED) is 0.658. The van der Waals surface area contributed by atoms with E-state index in [0.29, 0.717) is 12.5 Å². The number of carboxylic acid groups (broad SMARTS) is 1. The topological polar surface area (TPSA) is 59.4 Å². The van der Waals surface area contributed by atoms with Crippen LogP contribution in [0.3, 0.4) is 0 Å². The van der Waals surface area contributed by atoms with Crippen molar-refractivity contribution in [3.8, 4) is 5.75 Å². The molecule has 3 aromatic rings. The largest absolute Gasteiger partial charge is 0.487 e. The van der Waals surface area contributed by atoms with Crippen molar-refractivity contribution in [2.75, 3.05) is 0 Å². The third kappa shape index (κ3) is 4.11. The van der Waals surface area contributed by atoms with Crippen LogP contribution in [-0.4, -0.2) is 16.1 Å². The van der Waals surface area contributed by atoms with Crippen LogP contribution < -0.4 is 4.74 Å². The fraction of sp³-hybridized carbons (Fsp3) is 0.304. The van der Waals surface area contributed by atoms with Crippen LogP contribution in [0.15, 0.2) is 60.7 Å². The Morgan fingerprint density at radius 3 is 2.74 bits per heavy atom. The number of para-hydroxylation sites is 2. The van der Waals surface area contributed by atoms with Gasteiger partial charge in [-0.25, -0.2) is 4.98 Å². The van der Waals surface area contributed by atoms with E-state index in [1.807, 2.05) is 42.5 Å². The molecule has 2 unspecified atom stereocenters. The predicted molar refractivity (Wildman–Crippen MR) is 105 cm³/mol. The van der Waals surface area contributed by atoms with E-state index in [2.05, 4.69) is 23.2 Å². The van der Waals surface area contributed by atoms with Crippen molar-refractivity contribution >= 4 is 16.9 Å². The Morgan fingerprint density at radius 1 is 1.04 bits per heavy atom. The van der Waals surface area contributed by atoms with Gasteiger partial charge in [0.05, 0.1) is 11.2 Å². The number of hydrogen-bond acceptors (Lipinski definition) is 3. The first kappa shape index (κ1) is 17.5. The number of carbonyl (C=O) groups is 1. The first-order valence-electron chi connectivity index (χ1n) is 9.47. The molecule has 1 N–H and O–H groups in total. The van der Waals surface area contributed by atoms with Gasteiger partial charge in [-0.2, -0.15) is 0 Å². The lowest BCUT2D eigenvalue weighted by Gasteiger charge is -2.16. The average Bonchev–Trinajstić information content (AvgIpc) is 3.14. The second-order valence-corrected chi connectivity index (χ2v) is 7.30. The number of aliphatic carboxylic acids is 1. The van der Waals surface area contributed by atoms with Gasteiger partial charge in [0.15, 0.2) is 0 Å². The molecule has 0 aliphatic heterocycles. The van der Waals surface area contributed by atoms with Gasteiger partial charge >= 0.3 is 5.97 Å². The van der Waals surface area contributed by atoms with Gasteiger partial charge < -0.3 is 9.84 Å². The van der Waals surface area contributed by atoms with E-state index in [-0.39, 0.29) is 12.3 Å². The molecule has 1 saturated carbocycles. The van der Waals surface area contributed by atoms with Gasteiger partial charge in [0.2, 0.25) is 0 Å². The Kier molecular flexibility index (Phi) is 5.05. The molecule has 1 heterocycles. The molecule has 1 fully saturated rings. The summed E-state index contributed by atoms with van der Waals surface area (Å²) >= 11 is 0. The number of carboxylic acids is 1. The number of fused-ring (bicyclic) bond motifs is 1. The van der Waals surface area contributed by atoms with Gasteiger partial charge in [-0.3, -0.25) is 4.79 Å². The molecule has 0 radical (unpaired) electrons. The smallest absolute Gasteiger partial charge is 0.303 e. The van der Waals surface area contributed by atoms with Crippen LogP contribution in [0.4, 0.5) is 0 Å². The zero-order chi connectivity index (χ0) is 18.6. The summed E-state index contributed by atoms with van der Waals surface area (Å²) in [5.74, 6) is 0.818. The highest BCUT2D eigenvalue weighted by molar-refractivity contribution is 5.78. The first-order chi connectivity index (χ1) is 13.2. The summed E-state index contributed by atoms with van der Waals surface area (Å²) in [7, 11) is 0. The van der Waals surface area contributed by atoms with E-state index in [1.54, 1.807) is 0 Å². The Morgan fingerprint density at radius 2 is 1.85 bits per heavy atom. The summed E-state index contributed by atoms with van der Waals surface area (Å²) in [5.41, 5.74) is 3.06. The summed E-state index contributed by atoms with van der Waals surface area (Å²) in [6.45, 7) is 0.424. The number of rotatable bonds is 6. The molecule has 1 aliphatic rings. The third-order valence-electron chi connectivity index (χ3n) is 5.40. The molecule has 4 rings (SSSR count). The Balaban J connectivity index is 1.47. The Hall–Kier alpha value is -2.88. The fourth-order valence-electron chi connectivity index (χ4n) is 4.08. The van der Waals surface area contributed by atoms with E-state index >= 15 is 0 Å². The number of benzene rings is 2. The Labute approximate surface area is 158 Å². The molecule has 4 heteroatoms. The predicted octanol–water partition coefficient (Wildman–Crippen LogP) is 5.17. The number of ether oxygens (including phenoxy) is 1. The molecular weight excluding hydrogens is 338 g/mol. The number of pyridine rings is 1. The highest BCUT2D eigenvalue weighted by Gasteiger charge is 2.29. The van der Waals surface area contributed by atoms with Gasteiger partial charge in [-0.05, 0) is 54.9 Å². The molecule has 0 amide bonds. The van der Waals surface area contributed by atoms with Gasteiger partial charge in [-0.1, -0.05) is 42.5 Å². The minimum Gasteiger partial charge on any atom is -0.487 e. The zero-order valence-electron chi connectivity index (χ0n) is 15.2. The molecule has 1 aromatic heterocycles. The lowest BCUT2D eigenvalue weighted by Crippen LogP contribution is -2.05. The molecule has 138 valence electrons. The number of nitrogens with zero attached hydrogens (tertiary/aromatic N) is 1. The van der Waals surface area contributed by atoms with Gasteiger partial charge in [0.25, 0.3) is 0 Å². The van der Waals surface area contributed by atoms with E-state index < -0.39 is 5.97 Å². The second-order valence-electron chi connectivity index (χ2n) is 7.30. The van der Waals surface area contributed by atoms with E-state index in [4.69, 9.17) is 9.84 Å². The molecular formula is C23H23NO3. The monoisotopic (exact) mass is 361 g/mol. The molecule has 0 spiro atoms. The van der Waals surface area contributed by atoms with E-state index in [0.717, 1.165) is 41.6 Å². The molecule has 4 nitrogen and oxygen atoms in total. The van der Waals surface area contributed by atoms with Crippen LogP contribution >= 0.6 is 0 Å². The zero-order valence-corrected chi connectivity index (χ0v) is 15.2. The first-order valence-corrected chi connectivity index (χ1v) is 9.47. The normalized spacial score (nSPS) is 19.3. The standard InChI is InChI=1S/C23H23NO3/c25-23(26)14-16-9-10-18(13-16)20-6-2-4-8-22(20)27-15-19-12-11-17-5-1-3-7-21(17)24-19/h1-8,11-12,16,18H,9-10,13-15H2,(H,25,26). The lowest BCUT2D eigenvalue weighted by molar-refractivity contribution is -0.138. The molecule has 2 atom stereocenters. The SMILES string of the molecule is O=C(O)CC1CCC(c2ccccc2OCc2ccc3ccccc3n2)C1. The van der Waals surface area contributed by atoms with Crippen LogP contribution in [0.5, 0.6) is 5.75 Å². The maximum absolute atomic E-state index is 11.0. The molecule has 0 saturated heterocycles. The molecule has 2 aromatic carbocycles. The van der Waals surface area contributed by atoms with Crippen molar-refractivity contribution in [2.24, 2.45) is 5.92 Å². The minimum atomic E-state index is -0.701. The summed E-state index contributed by atoms with van der Waals surface area (Å²) in [5, 5.41) is 10.2. The highest BCUT2D eigenvalue weighted by Crippen LogP contribution is 2.43. The van der Waals surface area contributed by atoms with Crippen LogP contribution in [0.1, 0.15) is 42.9 Å². The summed E-state index contributed by atoms with van der Waals surface area (Å²) in [6, 6.07) is 20.3. The van der Waals surface area contributed by atoms with Crippen molar-refractivity contribution in [1.29, 1.82) is 0 Å². The van der Waals surface area contributed by atoms with Gasteiger partial charge in [0.1, 0.15) is 12.4 Å². The third-order valence-corrected chi connectivity index (χ3v) is 5.40. The maximum atomic E-state index is 11.0. The van der Waals surface area contributed by atoms with Crippen LogP contribution in [0.25, 0.3) is 10.9 Å². The number of hydrogen-bond donors (Lipinski definition) is 1. The molecule has 1 aliphatic carbocycles. The van der Waals surface area contributed by atoms with Crippen LogP contribution in [-0.2, 0) is 11.4 Å². The highest BCUT2D eigenvalue weighted by atomic mass is 16.5. The van der Waals surface area contributed by atoms with Crippen molar-refractivity contribution in [3.05, 3.63) is 71.9 Å². The van der Waals surface area contributed by atoms with Crippen molar-refractivity contribution in [3.63, 3.8) is 0 Å². The molecule has 0 bridgehead atoms. The van der Waals surface area contributed by atoms with Crippen LogP contribution in [0, 0.1) is 5.92 Å². The lowest BCUT2D eigenvalue weighted by atomic mass is 9.94. The summed E-state index contributed by atoms with van der Waals surface area (Å²) in [4.78, 5) is 15.7. The van der Waals surface area contributed by atoms with Crippen molar-refractivity contribution < 1.29 is 14.6 Å². The fourth-order valence-corrected chi connectivity index (χ4v) is 4.08.